The van der Waals surface area contributed by atoms with Crippen molar-refractivity contribution < 1.29 is 4.79 Å². The topological polar surface area (TPSA) is 72.9 Å². The molecule has 1 aliphatic carbocycles. The van der Waals surface area contributed by atoms with Crippen LogP contribution in [0.2, 0.25) is 0 Å². The third-order valence-electron chi connectivity index (χ3n) is 4.08. The van der Waals surface area contributed by atoms with Gasteiger partial charge in [-0.15, -0.1) is 0 Å². The predicted molar refractivity (Wildman–Crippen MR) is 82.5 cm³/mol. The van der Waals surface area contributed by atoms with Crippen LogP contribution in [0, 0.1) is 0 Å². The Hall–Kier alpha value is -1.43. The molecule has 6 heteroatoms. The summed E-state index contributed by atoms with van der Waals surface area (Å²) in [4.78, 5) is 16.8. The molecule has 20 heavy (non-hydrogen) atoms. The number of carbonyl (C=O) groups excluding carboxylic acids is 1. The number of amides is 1. The number of nitrogens with two attached hydrogens (primary N) is 1. The molecule has 1 aromatic rings. The highest BCUT2D eigenvalue weighted by Crippen LogP contribution is 2.27. The van der Waals surface area contributed by atoms with E-state index in [4.69, 9.17) is 18.0 Å². The molecule has 0 bridgehead atoms. The Kier molecular flexibility index (Phi) is 4.75. The summed E-state index contributed by atoms with van der Waals surface area (Å²) in [6, 6.07) is 0. The Morgan fingerprint density at radius 3 is 2.45 bits per heavy atom. The highest BCUT2D eigenvalue weighted by Gasteiger charge is 2.35. The summed E-state index contributed by atoms with van der Waals surface area (Å²) in [6.07, 6.45) is 10.5. The van der Waals surface area contributed by atoms with Crippen molar-refractivity contribution in [1.29, 1.82) is 0 Å². The molecule has 3 N–H and O–H groups in total. The summed E-state index contributed by atoms with van der Waals surface area (Å²) < 4.78 is 1.70. The molecule has 110 valence electrons. The first-order valence-electron chi connectivity index (χ1n) is 7.14. The second kappa shape index (κ2) is 6.35. The monoisotopic (exact) mass is 294 g/mol. The molecule has 1 aliphatic rings. The van der Waals surface area contributed by atoms with Crippen LogP contribution in [0.15, 0.2) is 12.5 Å². The third kappa shape index (κ3) is 3.17. The van der Waals surface area contributed by atoms with Gasteiger partial charge in [-0.2, -0.15) is 0 Å². The minimum atomic E-state index is -0.545. The number of aryl methyl sites for hydroxylation is 1. The summed E-state index contributed by atoms with van der Waals surface area (Å²) in [5, 5.41) is 3.08. The van der Waals surface area contributed by atoms with Crippen LogP contribution in [0.1, 0.15) is 55.4 Å². The van der Waals surface area contributed by atoms with Gasteiger partial charge in [0.1, 0.15) is 5.69 Å². The molecule has 0 radical (unpaired) electrons. The number of carbonyl (C=O) groups is 1. The smallest absolute Gasteiger partial charge is 0.270 e. The number of nitrogens with one attached hydrogen (secondary N) is 1. The summed E-state index contributed by atoms with van der Waals surface area (Å²) in [5.41, 5.74) is 5.94. The van der Waals surface area contributed by atoms with Gasteiger partial charge in [0.2, 0.25) is 0 Å². The number of hydrogen-bond acceptors (Lipinski definition) is 3. The van der Waals surface area contributed by atoms with Gasteiger partial charge >= 0.3 is 0 Å². The van der Waals surface area contributed by atoms with Gasteiger partial charge < -0.3 is 15.6 Å². The lowest BCUT2D eigenvalue weighted by molar-refractivity contribution is 0.0904. The number of nitrogens with zero attached hydrogens (tertiary/aromatic N) is 2. The predicted octanol–water partition coefficient (Wildman–Crippen LogP) is 1.92. The van der Waals surface area contributed by atoms with Crippen molar-refractivity contribution in [3.8, 4) is 0 Å². The Balaban J connectivity index is 2.17. The van der Waals surface area contributed by atoms with E-state index in [1.54, 1.807) is 24.1 Å². The minimum absolute atomic E-state index is 0.154. The van der Waals surface area contributed by atoms with E-state index in [0.717, 1.165) is 25.7 Å². The first kappa shape index (κ1) is 15.0. The van der Waals surface area contributed by atoms with E-state index in [2.05, 4.69) is 10.3 Å². The van der Waals surface area contributed by atoms with Crippen LogP contribution in [-0.2, 0) is 7.05 Å². The first-order chi connectivity index (χ1) is 9.55. The van der Waals surface area contributed by atoms with Gasteiger partial charge in [-0.25, -0.2) is 4.98 Å². The fourth-order valence-electron chi connectivity index (χ4n) is 2.80. The third-order valence-corrected chi connectivity index (χ3v) is 4.47. The molecule has 0 spiro atoms. The maximum Gasteiger partial charge on any atom is 0.270 e. The van der Waals surface area contributed by atoms with E-state index in [0.29, 0.717) is 10.7 Å². The number of thiocarbonyl (C=S) groups is 1. The average Bonchev–Trinajstić information content (AvgIpc) is 2.78. The van der Waals surface area contributed by atoms with E-state index in [1.807, 2.05) is 0 Å². The summed E-state index contributed by atoms with van der Waals surface area (Å²) in [6.45, 7) is 0. The molecular weight excluding hydrogens is 272 g/mol. The minimum Gasteiger partial charge on any atom is -0.391 e. The van der Waals surface area contributed by atoms with E-state index < -0.39 is 5.54 Å². The summed E-state index contributed by atoms with van der Waals surface area (Å²) >= 11 is 5.25. The lowest BCUT2D eigenvalue weighted by Gasteiger charge is -2.35. The molecule has 1 fully saturated rings. The molecule has 0 saturated heterocycles. The van der Waals surface area contributed by atoms with Crippen molar-refractivity contribution in [2.75, 3.05) is 0 Å². The van der Waals surface area contributed by atoms with Crippen LogP contribution in [0.5, 0.6) is 0 Å². The van der Waals surface area contributed by atoms with Crippen molar-refractivity contribution in [2.45, 2.75) is 50.5 Å². The Labute approximate surface area is 124 Å². The maximum atomic E-state index is 12.4. The first-order valence-corrected chi connectivity index (χ1v) is 7.55. The van der Waals surface area contributed by atoms with Crippen LogP contribution in [-0.4, -0.2) is 26.0 Å². The van der Waals surface area contributed by atoms with Crippen molar-refractivity contribution in [3.05, 3.63) is 18.2 Å². The Morgan fingerprint density at radius 2 is 1.95 bits per heavy atom. The summed E-state index contributed by atoms with van der Waals surface area (Å²) in [5.74, 6) is -0.154. The second-order valence-electron chi connectivity index (χ2n) is 5.56. The number of imidazole rings is 1. The van der Waals surface area contributed by atoms with Gasteiger partial charge in [-0.1, -0.05) is 44.3 Å². The van der Waals surface area contributed by atoms with Gasteiger partial charge in [0, 0.05) is 7.05 Å². The Morgan fingerprint density at radius 1 is 1.35 bits per heavy atom. The van der Waals surface area contributed by atoms with Gasteiger partial charge in [-0.3, -0.25) is 4.79 Å². The van der Waals surface area contributed by atoms with Gasteiger partial charge in [0.25, 0.3) is 5.91 Å². The highest BCUT2D eigenvalue weighted by atomic mass is 32.1. The molecule has 1 amide bonds. The summed E-state index contributed by atoms with van der Waals surface area (Å²) in [7, 11) is 1.80. The molecule has 0 aliphatic heterocycles. The number of hydrogen-bond donors (Lipinski definition) is 2. The zero-order valence-electron chi connectivity index (χ0n) is 11.9. The van der Waals surface area contributed by atoms with E-state index >= 15 is 0 Å². The molecule has 1 saturated carbocycles. The molecular formula is C14H22N4OS. The average molecular weight is 294 g/mol. The quantitative estimate of drug-likeness (QED) is 0.835. The van der Waals surface area contributed by atoms with Gasteiger partial charge in [0.05, 0.1) is 23.1 Å². The van der Waals surface area contributed by atoms with Crippen LogP contribution in [0.4, 0.5) is 0 Å². The van der Waals surface area contributed by atoms with Crippen LogP contribution in [0.25, 0.3) is 0 Å². The van der Waals surface area contributed by atoms with E-state index in [9.17, 15) is 4.79 Å². The molecule has 0 unspecified atom stereocenters. The van der Waals surface area contributed by atoms with Crippen LogP contribution < -0.4 is 11.1 Å². The lowest BCUT2D eigenvalue weighted by atomic mass is 9.83. The number of aromatic nitrogens is 2. The van der Waals surface area contributed by atoms with Gasteiger partial charge in [0.15, 0.2) is 0 Å². The zero-order valence-corrected chi connectivity index (χ0v) is 12.7. The molecule has 5 nitrogen and oxygen atoms in total. The van der Waals surface area contributed by atoms with Gasteiger partial charge in [-0.05, 0) is 12.8 Å². The molecule has 0 aromatic carbocycles. The maximum absolute atomic E-state index is 12.4. The molecule has 1 heterocycles. The second-order valence-corrected chi connectivity index (χ2v) is 6.00. The molecule has 2 rings (SSSR count). The standard InChI is InChI=1S/C14H22N4OS/c1-18-10-16-9-11(18)12(19)17-14(13(15)20)7-5-3-2-4-6-8-14/h9-10H,2-8H2,1H3,(H2,15,20)(H,17,19). The van der Waals surface area contributed by atoms with E-state index in [1.165, 1.54) is 19.3 Å². The van der Waals surface area contributed by atoms with Crippen LogP contribution in [0.3, 0.4) is 0 Å². The van der Waals surface area contributed by atoms with Crippen molar-refractivity contribution >= 4 is 23.1 Å². The fourth-order valence-corrected chi connectivity index (χ4v) is 3.05. The zero-order chi connectivity index (χ0) is 14.6. The van der Waals surface area contributed by atoms with E-state index in [-0.39, 0.29) is 5.91 Å². The van der Waals surface area contributed by atoms with Crippen molar-refractivity contribution in [2.24, 2.45) is 12.8 Å². The largest absolute Gasteiger partial charge is 0.391 e. The molecule has 1 aromatic heterocycles. The highest BCUT2D eigenvalue weighted by molar-refractivity contribution is 7.80. The van der Waals surface area contributed by atoms with Crippen LogP contribution >= 0.6 is 12.2 Å². The van der Waals surface area contributed by atoms with Crippen molar-refractivity contribution in [3.63, 3.8) is 0 Å². The lowest BCUT2D eigenvalue weighted by Crippen LogP contribution is -2.57. The van der Waals surface area contributed by atoms with Crippen molar-refractivity contribution in [1.82, 2.24) is 14.9 Å². The Bertz CT molecular complexity index is 489. The fraction of sp³-hybridized carbons (Fsp3) is 0.643. The molecule has 0 atom stereocenters. The number of rotatable bonds is 3. The normalized spacial score (nSPS) is 18.9. The SMILES string of the molecule is Cn1cncc1C(=O)NC1(C(N)=S)CCCCCCC1.